The summed E-state index contributed by atoms with van der Waals surface area (Å²) in [6, 6.07) is 0.417. The fourth-order valence-corrected chi connectivity index (χ4v) is 5.66. The molecule has 1 saturated carbocycles. The number of rotatable bonds is 6. The number of fused-ring (bicyclic) bond motifs is 1. The third kappa shape index (κ3) is 4.62. The quantitative estimate of drug-likeness (QED) is 0.698. The Morgan fingerprint density at radius 1 is 1.20 bits per heavy atom. The van der Waals surface area contributed by atoms with Crippen LogP contribution in [0.4, 0.5) is 0 Å². The molecule has 0 aliphatic heterocycles. The van der Waals surface area contributed by atoms with E-state index in [1.807, 2.05) is 14.1 Å². The molecular weight excluding hydrogens is 394 g/mol. The van der Waals surface area contributed by atoms with Crippen molar-refractivity contribution in [1.29, 1.82) is 0 Å². The van der Waals surface area contributed by atoms with Gasteiger partial charge in [-0.15, -0.1) is 11.3 Å². The van der Waals surface area contributed by atoms with Crippen molar-refractivity contribution in [3.05, 3.63) is 33.0 Å². The zero-order valence-corrected chi connectivity index (χ0v) is 19.7. The first kappa shape index (κ1) is 21.5. The largest absolute Gasteiger partial charge is 0.343 e. The SMILES string of the molecule is Cc1nc(CN(C)[C@@H]2CCc3c(c(C(=O)N(C)C)nn3CC3CCCCC3)C2)cs1. The van der Waals surface area contributed by atoms with Gasteiger partial charge in [-0.1, -0.05) is 19.3 Å². The van der Waals surface area contributed by atoms with E-state index in [-0.39, 0.29) is 5.91 Å². The lowest BCUT2D eigenvalue weighted by molar-refractivity contribution is 0.0819. The summed E-state index contributed by atoms with van der Waals surface area (Å²) in [6.07, 6.45) is 9.63. The van der Waals surface area contributed by atoms with Crippen molar-refractivity contribution in [2.75, 3.05) is 21.1 Å². The Morgan fingerprint density at radius 2 is 1.97 bits per heavy atom. The highest BCUT2D eigenvalue weighted by atomic mass is 32.1. The second-order valence-corrected chi connectivity index (χ2v) is 10.4. The standard InChI is InChI=1S/C23H35N5OS/c1-16-24-18(15-30-16)14-27(4)19-10-11-21-20(12-19)22(23(29)26(2)3)25-28(21)13-17-8-6-5-7-9-17/h15,17,19H,5-14H2,1-4H3/t19-/m1/s1. The number of carbonyl (C=O) groups is 1. The van der Waals surface area contributed by atoms with Gasteiger partial charge in [-0.05, 0) is 52.0 Å². The van der Waals surface area contributed by atoms with E-state index in [9.17, 15) is 4.79 Å². The van der Waals surface area contributed by atoms with Crippen molar-refractivity contribution in [2.24, 2.45) is 5.92 Å². The lowest BCUT2D eigenvalue weighted by Crippen LogP contribution is -2.37. The molecular formula is C23H35N5OS. The molecule has 2 aliphatic rings. The number of aromatic nitrogens is 3. The lowest BCUT2D eigenvalue weighted by Gasteiger charge is -2.31. The fourth-order valence-electron chi connectivity index (χ4n) is 5.06. The van der Waals surface area contributed by atoms with E-state index >= 15 is 0 Å². The van der Waals surface area contributed by atoms with Crippen molar-refractivity contribution >= 4 is 17.2 Å². The summed E-state index contributed by atoms with van der Waals surface area (Å²) < 4.78 is 2.20. The topological polar surface area (TPSA) is 54.3 Å². The molecule has 1 fully saturated rings. The van der Waals surface area contributed by atoms with Crippen LogP contribution in [0.5, 0.6) is 0 Å². The Kier molecular flexibility index (Phi) is 6.58. The van der Waals surface area contributed by atoms with Gasteiger partial charge in [0.1, 0.15) is 0 Å². The molecule has 2 aliphatic carbocycles. The molecule has 164 valence electrons. The molecule has 0 saturated heterocycles. The number of hydrogen-bond donors (Lipinski definition) is 0. The molecule has 2 aromatic heterocycles. The van der Waals surface area contributed by atoms with Crippen LogP contribution in [0, 0.1) is 12.8 Å². The van der Waals surface area contributed by atoms with E-state index in [2.05, 4.69) is 33.9 Å². The zero-order chi connectivity index (χ0) is 21.3. The first-order valence-corrected chi connectivity index (χ1v) is 12.2. The number of likely N-dealkylation sites (N-methyl/N-ethyl adjacent to an activating group) is 1. The fraction of sp³-hybridized carbons (Fsp3) is 0.696. The maximum absolute atomic E-state index is 12.9. The molecule has 7 heteroatoms. The Morgan fingerprint density at radius 3 is 2.63 bits per heavy atom. The molecule has 0 N–H and O–H groups in total. The van der Waals surface area contributed by atoms with Gasteiger partial charge in [0, 0.05) is 49.9 Å². The average Bonchev–Trinajstić information content (AvgIpc) is 3.31. The number of amides is 1. The molecule has 0 spiro atoms. The average molecular weight is 430 g/mol. The molecule has 30 heavy (non-hydrogen) atoms. The van der Waals surface area contributed by atoms with Gasteiger partial charge in [-0.3, -0.25) is 14.4 Å². The summed E-state index contributed by atoms with van der Waals surface area (Å²) >= 11 is 1.71. The number of aryl methyl sites for hydroxylation is 1. The zero-order valence-electron chi connectivity index (χ0n) is 18.9. The van der Waals surface area contributed by atoms with Crippen molar-refractivity contribution in [3.8, 4) is 0 Å². The van der Waals surface area contributed by atoms with Gasteiger partial charge < -0.3 is 4.90 Å². The third-order valence-electron chi connectivity index (χ3n) is 6.79. The first-order chi connectivity index (χ1) is 14.4. The minimum absolute atomic E-state index is 0.0343. The molecule has 2 aromatic rings. The third-order valence-corrected chi connectivity index (χ3v) is 7.61. The van der Waals surface area contributed by atoms with Crippen molar-refractivity contribution in [2.45, 2.75) is 77.4 Å². The molecule has 0 radical (unpaired) electrons. The second-order valence-electron chi connectivity index (χ2n) is 9.33. The number of nitrogens with zero attached hydrogens (tertiary/aromatic N) is 5. The number of hydrogen-bond acceptors (Lipinski definition) is 5. The van der Waals surface area contributed by atoms with Gasteiger partial charge in [0.25, 0.3) is 5.91 Å². The number of thiazole rings is 1. The van der Waals surface area contributed by atoms with Gasteiger partial charge in [-0.25, -0.2) is 4.98 Å². The van der Waals surface area contributed by atoms with Gasteiger partial charge in [0.2, 0.25) is 0 Å². The first-order valence-electron chi connectivity index (χ1n) is 11.3. The summed E-state index contributed by atoms with van der Waals surface area (Å²) in [6.45, 7) is 3.89. The molecule has 2 heterocycles. The highest BCUT2D eigenvalue weighted by Crippen LogP contribution is 2.31. The van der Waals surface area contributed by atoms with Crippen molar-refractivity contribution in [3.63, 3.8) is 0 Å². The van der Waals surface area contributed by atoms with Crippen LogP contribution in [0.3, 0.4) is 0 Å². The minimum Gasteiger partial charge on any atom is -0.343 e. The van der Waals surface area contributed by atoms with E-state index in [4.69, 9.17) is 5.10 Å². The molecule has 0 bridgehead atoms. The van der Waals surface area contributed by atoms with Crippen LogP contribution in [0.1, 0.15) is 71.0 Å². The highest BCUT2D eigenvalue weighted by Gasteiger charge is 2.32. The monoisotopic (exact) mass is 429 g/mol. The Balaban J connectivity index is 1.55. The van der Waals surface area contributed by atoms with Crippen LogP contribution < -0.4 is 0 Å². The van der Waals surface area contributed by atoms with E-state index in [0.29, 0.717) is 17.7 Å². The van der Waals surface area contributed by atoms with Crippen LogP contribution in [-0.4, -0.2) is 57.7 Å². The minimum atomic E-state index is 0.0343. The van der Waals surface area contributed by atoms with Gasteiger partial charge in [0.05, 0.1) is 10.7 Å². The Hall–Kier alpha value is -1.73. The summed E-state index contributed by atoms with van der Waals surface area (Å²) in [7, 11) is 5.84. The Labute approximate surface area is 184 Å². The summed E-state index contributed by atoms with van der Waals surface area (Å²) in [4.78, 5) is 21.6. The maximum atomic E-state index is 12.9. The normalized spacial score (nSPS) is 19.8. The van der Waals surface area contributed by atoms with Crippen molar-refractivity contribution < 1.29 is 4.79 Å². The molecule has 4 rings (SSSR count). The highest BCUT2D eigenvalue weighted by molar-refractivity contribution is 7.09. The van der Waals surface area contributed by atoms with E-state index in [0.717, 1.165) is 43.1 Å². The summed E-state index contributed by atoms with van der Waals surface area (Å²) in [5.74, 6) is 0.741. The number of carbonyl (C=O) groups excluding carboxylic acids is 1. The second kappa shape index (κ2) is 9.18. The van der Waals surface area contributed by atoms with Crippen molar-refractivity contribution in [1.82, 2.24) is 24.6 Å². The maximum Gasteiger partial charge on any atom is 0.274 e. The summed E-state index contributed by atoms with van der Waals surface area (Å²) in [5, 5.41) is 8.16. The summed E-state index contributed by atoms with van der Waals surface area (Å²) in [5.41, 5.74) is 4.30. The van der Waals surface area contributed by atoms with E-state index in [1.54, 1.807) is 16.2 Å². The molecule has 1 amide bonds. The van der Waals surface area contributed by atoms with Crippen LogP contribution in [0.25, 0.3) is 0 Å². The molecule has 6 nitrogen and oxygen atoms in total. The van der Waals surface area contributed by atoms with Crippen LogP contribution in [-0.2, 0) is 25.9 Å². The van der Waals surface area contributed by atoms with Gasteiger partial charge in [-0.2, -0.15) is 5.10 Å². The predicted octanol–water partition coefficient (Wildman–Crippen LogP) is 3.92. The van der Waals surface area contributed by atoms with Gasteiger partial charge >= 0.3 is 0 Å². The molecule has 0 aromatic carbocycles. The van der Waals surface area contributed by atoms with Gasteiger partial charge in [0.15, 0.2) is 5.69 Å². The van der Waals surface area contributed by atoms with Crippen LogP contribution >= 0.6 is 11.3 Å². The smallest absolute Gasteiger partial charge is 0.274 e. The Bertz CT molecular complexity index is 880. The van der Waals surface area contributed by atoms with Crippen LogP contribution in [0.15, 0.2) is 5.38 Å². The lowest BCUT2D eigenvalue weighted by atomic mass is 9.88. The predicted molar refractivity (Wildman–Crippen MR) is 121 cm³/mol. The van der Waals surface area contributed by atoms with E-state index in [1.165, 1.54) is 43.4 Å². The molecule has 1 atom stereocenters. The van der Waals surface area contributed by atoms with Crippen LogP contribution in [0.2, 0.25) is 0 Å². The molecule has 0 unspecified atom stereocenters. The van der Waals surface area contributed by atoms with E-state index < -0.39 is 0 Å².